The lowest BCUT2D eigenvalue weighted by molar-refractivity contribution is 0.103. The van der Waals surface area contributed by atoms with Crippen LogP contribution in [0.2, 0.25) is 0 Å². The SMILES string of the molecule is CNC(=O)N1CC2C[C@@]23C1=CC(=O)c1ccccc13. The van der Waals surface area contributed by atoms with Crippen molar-refractivity contribution >= 4 is 11.8 Å². The van der Waals surface area contributed by atoms with Gasteiger partial charge >= 0.3 is 6.03 Å². The summed E-state index contributed by atoms with van der Waals surface area (Å²) in [4.78, 5) is 25.8. The van der Waals surface area contributed by atoms with E-state index in [1.807, 2.05) is 24.3 Å². The van der Waals surface area contributed by atoms with Crippen LogP contribution in [0.5, 0.6) is 0 Å². The summed E-state index contributed by atoms with van der Waals surface area (Å²) >= 11 is 0. The Kier molecular flexibility index (Phi) is 1.85. The molecule has 2 aliphatic carbocycles. The standard InChI is InChI=1S/C15H14N2O2/c1-16-14(19)17-8-9-7-15(9)11-5-3-2-4-10(11)12(18)6-13(15)17/h2-6,9H,7-8H2,1H3,(H,16,19)/t9?,15-/m1/s1. The van der Waals surface area contributed by atoms with Gasteiger partial charge in [0.2, 0.25) is 0 Å². The molecule has 96 valence electrons. The molecule has 2 amide bonds. The molecule has 1 aromatic rings. The number of piperidine rings is 1. The fourth-order valence-corrected chi connectivity index (χ4v) is 3.71. The number of carbonyl (C=O) groups excluding carboxylic acids is 2. The summed E-state index contributed by atoms with van der Waals surface area (Å²) in [6, 6.07) is 7.67. The number of benzene rings is 1. The second-order valence-corrected chi connectivity index (χ2v) is 5.48. The Labute approximate surface area is 111 Å². The number of allylic oxidation sites excluding steroid dienone is 2. The molecule has 2 fully saturated rings. The molecule has 1 saturated carbocycles. The fourth-order valence-electron chi connectivity index (χ4n) is 3.71. The predicted molar refractivity (Wildman–Crippen MR) is 69.8 cm³/mol. The molecule has 0 bridgehead atoms. The van der Waals surface area contributed by atoms with Crippen LogP contribution in [0.4, 0.5) is 4.79 Å². The van der Waals surface area contributed by atoms with Gasteiger partial charge in [0.15, 0.2) is 5.78 Å². The van der Waals surface area contributed by atoms with E-state index in [4.69, 9.17) is 0 Å². The summed E-state index contributed by atoms with van der Waals surface area (Å²) in [5, 5.41) is 2.65. The molecular formula is C15H14N2O2. The molecule has 1 N–H and O–H groups in total. The fraction of sp³-hybridized carbons (Fsp3) is 0.333. The number of amides is 2. The third-order valence-corrected chi connectivity index (χ3v) is 4.66. The number of hydrogen-bond donors (Lipinski definition) is 1. The molecule has 1 saturated heterocycles. The Hall–Kier alpha value is -2.10. The van der Waals surface area contributed by atoms with Crippen LogP contribution < -0.4 is 5.32 Å². The number of urea groups is 1. The maximum atomic E-state index is 12.2. The van der Waals surface area contributed by atoms with Gasteiger partial charge in [-0.1, -0.05) is 24.3 Å². The van der Waals surface area contributed by atoms with E-state index in [-0.39, 0.29) is 17.2 Å². The minimum atomic E-state index is -0.120. The van der Waals surface area contributed by atoms with Crippen molar-refractivity contribution < 1.29 is 9.59 Å². The number of rotatable bonds is 0. The first-order chi connectivity index (χ1) is 9.18. The van der Waals surface area contributed by atoms with Gasteiger partial charge < -0.3 is 5.32 Å². The van der Waals surface area contributed by atoms with Crippen LogP contribution in [0.3, 0.4) is 0 Å². The molecule has 1 aliphatic heterocycles. The van der Waals surface area contributed by atoms with Gasteiger partial charge in [-0.15, -0.1) is 0 Å². The average Bonchev–Trinajstić information content (AvgIpc) is 3.07. The van der Waals surface area contributed by atoms with Gasteiger partial charge in [0.05, 0.1) is 0 Å². The van der Waals surface area contributed by atoms with E-state index in [0.29, 0.717) is 12.5 Å². The molecule has 3 aliphatic rings. The second kappa shape index (κ2) is 3.26. The number of fused-ring (bicyclic) bond motifs is 1. The molecule has 4 nitrogen and oxygen atoms in total. The molecule has 0 radical (unpaired) electrons. The van der Waals surface area contributed by atoms with Gasteiger partial charge in [0, 0.05) is 36.3 Å². The van der Waals surface area contributed by atoms with Crippen LogP contribution in [0.1, 0.15) is 22.3 Å². The molecule has 4 heteroatoms. The highest BCUT2D eigenvalue weighted by Gasteiger charge is 2.67. The zero-order chi connectivity index (χ0) is 13.2. The Balaban J connectivity index is 1.89. The van der Waals surface area contributed by atoms with E-state index in [1.165, 1.54) is 0 Å². The van der Waals surface area contributed by atoms with Crippen LogP contribution in [0.25, 0.3) is 0 Å². The minimum Gasteiger partial charge on any atom is -0.341 e. The van der Waals surface area contributed by atoms with E-state index in [9.17, 15) is 9.59 Å². The molecule has 4 rings (SSSR count). The van der Waals surface area contributed by atoms with Crippen LogP contribution in [0.15, 0.2) is 36.0 Å². The van der Waals surface area contributed by atoms with Crippen LogP contribution >= 0.6 is 0 Å². The first-order valence-electron chi connectivity index (χ1n) is 6.54. The molecule has 1 aromatic carbocycles. The number of nitrogens with one attached hydrogen (secondary N) is 1. The van der Waals surface area contributed by atoms with Gasteiger partial charge in [0.25, 0.3) is 0 Å². The highest BCUT2D eigenvalue weighted by molar-refractivity contribution is 6.09. The average molecular weight is 254 g/mol. The smallest absolute Gasteiger partial charge is 0.321 e. The van der Waals surface area contributed by atoms with E-state index in [0.717, 1.165) is 23.2 Å². The maximum absolute atomic E-state index is 12.2. The van der Waals surface area contributed by atoms with Crippen molar-refractivity contribution in [3.8, 4) is 0 Å². The van der Waals surface area contributed by atoms with Crippen LogP contribution in [-0.4, -0.2) is 30.3 Å². The third kappa shape index (κ3) is 1.14. The summed E-state index contributed by atoms with van der Waals surface area (Å²) in [6.45, 7) is 0.715. The lowest BCUT2D eigenvalue weighted by Crippen LogP contribution is -2.39. The lowest BCUT2D eigenvalue weighted by atomic mass is 9.81. The number of ketones is 1. The van der Waals surface area contributed by atoms with Crippen molar-refractivity contribution in [1.29, 1.82) is 0 Å². The van der Waals surface area contributed by atoms with Crippen LogP contribution in [-0.2, 0) is 5.41 Å². The molecule has 1 spiro atoms. The topological polar surface area (TPSA) is 49.4 Å². The molecule has 1 heterocycles. The van der Waals surface area contributed by atoms with Gasteiger partial charge in [-0.25, -0.2) is 4.79 Å². The minimum absolute atomic E-state index is 0.0117. The zero-order valence-corrected chi connectivity index (χ0v) is 10.6. The number of carbonyl (C=O) groups is 2. The summed E-state index contributed by atoms with van der Waals surface area (Å²) in [5.41, 5.74) is 2.72. The number of nitrogens with zero attached hydrogens (tertiary/aromatic N) is 1. The van der Waals surface area contributed by atoms with Gasteiger partial charge in [0.1, 0.15) is 0 Å². The Morgan fingerprint density at radius 3 is 3.00 bits per heavy atom. The van der Waals surface area contributed by atoms with Crippen molar-refractivity contribution in [2.45, 2.75) is 11.8 Å². The van der Waals surface area contributed by atoms with Crippen molar-refractivity contribution in [3.63, 3.8) is 0 Å². The molecule has 1 unspecified atom stereocenters. The first-order valence-corrected chi connectivity index (χ1v) is 6.54. The summed E-state index contributed by atoms with van der Waals surface area (Å²) in [6.07, 6.45) is 2.71. The van der Waals surface area contributed by atoms with Crippen molar-refractivity contribution in [1.82, 2.24) is 10.2 Å². The highest BCUT2D eigenvalue weighted by Crippen LogP contribution is 2.66. The van der Waals surface area contributed by atoms with Gasteiger partial charge in [-0.05, 0) is 17.9 Å². The van der Waals surface area contributed by atoms with E-state index < -0.39 is 0 Å². The van der Waals surface area contributed by atoms with Crippen molar-refractivity contribution in [2.75, 3.05) is 13.6 Å². The van der Waals surface area contributed by atoms with E-state index in [2.05, 4.69) is 5.32 Å². The number of likely N-dealkylation sites (tertiary alicyclic amines) is 1. The second-order valence-electron chi connectivity index (χ2n) is 5.48. The summed E-state index contributed by atoms with van der Waals surface area (Å²) < 4.78 is 0. The van der Waals surface area contributed by atoms with E-state index >= 15 is 0 Å². The van der Waals surface area contributed by atoms with Crippen molar-refractivity contribution in [2.24, 2.45) is 5.92 Å². The highest BCUT2D eigenvalue weighted by atomic mass is 16.2. The quantitative estimate of drug-likeness (QED) is 0.765. The third-order valence-electron chi connectivity index (χ3n) is 4.66. The summed E-state index contributed by atoms with van der Waals surface area (Å²) in [5.74, 6) is 0.475. The maximum Gasteiger partial charge on any atom is 0.321 e. The van der Waals surface area contributed by atoms with Gasteiger partial charge in [-0.3, -0.25) is 9.69 Å². The Bertz CT molecular complexity index is 649. The monoisotopic (exact) mass is 254 g/mol. The summed E-state index contributed by atoms with van der Waals surface area (Å²) in [7, 11) is 1.62. The Morgan fingerprint density at radius 2 is 2.21 bits per heavy atom. The first kappa shape index (κ1) is 10.8. The molecule has 19 heavy (non-hydrogen) atoms. The van der Waals surface area contributed by atoms with E-state index in [1.54, 1.807) is 18.0 Å². The van der Waals surface area contributed by atoms with Gasteiger partial charge in [-0.2, -0.15) is 0 Å². The molecule has 2 atom stereocenters. The molecule has 0 aromatic heterocycles. The lowest BCUT2D eigenvalue weighted by Gasteiger charge is -2.28. The van der Waals surface area contributed by atoms with Crippen molar-refractivity contribution in [3.05, 3.63) is 47.2 Å². The molecular weight excluding hydrogens is 240 g/mol. The predicted octanol–water partition coefficient (Wildman–Crippen LogP) is 1.68. The largest absolute Gasteiger partial charge is 0.341 e. The van der Waals surface area contributed by atoms with Crippen LogP contribution in [0, 0.1) is 5.92 Å². The Morgan fingerprint density at radius 1 is 1.42 bits per heavy atom. The normalized spacial score (nSPS) is 30.2. The number of hydrogen-bond acceptors (Lipinski definition) is 2. The zero-order valence-electron chi connectivity index (χ0n) is 10.6.